The van der Waals surface area contributed by atoms with E-state index in [0.717, 1.165) is 11.1 Å². The maximum absolute atomic E-state index is 13.5. The predicted octanol–water partition coefficient (Wildman–Crippen LogP) is 5.72. The minimum Gasteiger partial charge on any atom is -0.504 e. The van der Waals surface area contributed by atoms with E-state index in [-0.39, 0.29) is 23.4 Å². The van der Waals surface area contributed by atoms with Crippen LogP contribution in [0, 0.1) is 5.82 Å². The molecule has 0 saturated carbocycles. The van der Waals surface area contributed by atoms with Gasteiger partial charge in [0.1, 0.15) is 17.5 Å². The smallest absolute Gasteiger partial charge is 0.192 e. The quantitative estimate of drug-likeness (QED) is 0.363. The molecule has 1 aliphatic rings. The second kappa shape index (κ2) is 9.11. The molecular weight excluding hydrogens is 444 g/mol. The van der Waals surface area contributed by atoms with Gasteiger partial charge < -0.3 is 10.2 Å². The highest BCUT2D eigenvalue weighted by Gasteiger charge is 2.21. The molecule has 1 heterocycles. The fourth-order valence-electron chi connectivity index (χ4n) is 3.28. The van der Waals surface area contributed by atoms with Crippen molar-refractivity contribution in [2.24, 2.45) is 0 Å². The molecule has 2 N–H and O–H groups in total. The first-order valence-corrected chi connectivity index (χ1v) is 10.8. The number of benzene rings is 2. The molecule has 1 atom stereocenters. The summed E-state index contributed by atoms with van der Waals surface area (Å²) in [5, 5.41) is 28.9. The van der Waals surface area contributed by atoms with Gasteiger partial charge in [0, 0.05) is 17.2 Å². The van der Waals surface area contributed by atoms with Crippen LogP contribution in [0.2, 0.25) is 5.02 Å². The van der Waals surface area contributed by atoms with Gasteiger partial charge in [-0.2, -0.15) is 0 Å². The Kier molecular flexibility index (Phi) is 6.29. The molecule has 0 saturated heterocycles. The summed E-state index contributed by atoms with van der Waals surface area (Å²) in [7, 11) is 0. The van der Waals surface area contributed by atoms with Crippen LogP contribution in [0.5, 0.6) is 11.5 Å². The number of rotatable bonds is 6. The largest absolute Gasteiger partial charge is 0.504 e. The van der Waals surface area contributed by atoms with E-state index in [1.54, 1.807) is 18.2 Å². The fraction of sp³-hybridized carbons (Fsp3) is 0.182. The van der Waals surface area contributed by atoms with Crippen molar-refractivity contribution < 1.29 is 19.0 Å². The normalized spacial score (nSPS) is 15.8. The lowest BCUT2D eigenvalue weighted by Gasteiger charge is -2.20. The summed E-state index contributed by atoms with van der Waals surface area (Å²) in [5.74, 6) is -0.0230. The van der Waals surface area contributed by atoms with Gasteiger partial charge in [-0.25, -0.2) is 8.78 Å². The number of thioether (sulfide) groups is 1. The molecule has 0 radical (unpaired) electrons. The molecule has 0 spiro atoms. The second-order valence-electron chi connectivity index (χ2n) is 7.04. The van der Waals surface area contributed by atoms with Crippen molar-refractivity contribution in [3.8, 4) is 11.5 Å². The first-order chi connectivity index (χ1) is 14.9. The zero-order valence-electron chi connectivity index (χ0n) is 16.2. The second-order valence-corrected chi connectivity index (χ2v) is 8.39. The Bertz CT molecular complexity index is 1180. The number of nitrogens with zero attached hydrogens (tertiary/aromatic N) is 3. The highest BCUT2D eigenvalue weighted by molar-refractivity contribution is 7.98. The van der Waals surface area contributed by atoms with Crippen LogP contribution in [0.3, 0.4) is 0 Å². The van der Waals surface area contributed by atoms with Crippen molar-refractivity contribution in [3.63, 3.8) is 0 Å². The minimum atomic E-state index is -0.400. The Balaban J connectivity index is 1.63. The monoisotopic (exact) mass is 461 g/mol. The van der Waals surface area contributed by atoms with Gasteiger partial charge in [-0.05, 0) is 54.0 Å². The molecule has 5 nitrogen and oxygen atoms in total. The van der Waals surface area contributed by atoms with Crippen LogP contribution in [-0.2, 0) is 12.2 Å². The van der Waals surface area contributed by atoms with Crippen molar-refractivity contribution in [1.29, 1.82) is 0 Å². The standard InChI is InChI=1S/C22H18ClF2N3O2S/c23-18-11-16(25)3-2-14(18)12-31-22-27-26-21(10-13-1-8-19(29)20(30)9-13)28(22)17-6-4-15(24)5-7-17/h1-6,8-9,11,17,29-30H,7,10,12H2. The zero-order chi connectivity index (χ0) is 22.0. The molecule has 1 unspecified atom stereocenters. The highest BCUT2D eigenvalue weighted by Crippen LogP contribution is 2.33. The van der Waals surface area contributed by atoms with Gasteiger partial charge in [0.25, 0.3) is 0 Å². The maximum atomic E-state index is 13.5. The Labute approximate surface area is 186 Å². The molecule has 1 aromatic heterocycles. The Hall–Kier alpha value is -2.84. The molecule has 4 rings (SSSR count). The van der Waals surface area contributed by atoms with Crippen molar-refractivity contribution in [3.05, 3.63) is 88.2 Å². The number of aromatic hydroxyl groups is 2. The molecule has 0 bridgehead atoms. The number of phenolic OH excluding ortho intramolecular Hbond substituents is 2. The van der Waals surface area contributed by atoms with E-state index in [1.807, 2.05) is 4.57 Å². The van der Waals surface area contributed by atoms with E-state index in [9.17, 15) is 19.0 Å². The highest BCUT2D eigenvalue weighted by atomic mass is 35.5. The minimum absolute atomic E-state index is 0.179. The summed E-state index contributed by atoms with van der Waals surface area (Å²) in [6.07, 6.45) is 5.47. The van der Waals surface area contributed by atoms with Crippen LogP contribution in [0.4, 0.5) is 8.78 Å². The van der Waals surface area contributed by atoms with Crippen molar-refractivity contribution in [2.45, 2.75) is 29.8 Å². The van der Waals surface area contributed by atoms with Crippen LogP contribution < -0.4 is 0 Å². The lowest BCUT2D eigenvalue weighted by molar-refractivity contribution is 0.403. The maximum Gasteiger partial charge on any atom is 0.192 e. The van der Waals surface area contributed by atoms with E-state index in [0.29, 0.717) is 34.6 Å². The summed E-state index contributed by atoms with van der Waals surface area (Å²) >= 11 is 7.54. The Morgan fingerprint density at radius 3 is 2.65 bits per heavy atom. The van der Waals surface area contributed by atoms with E-state index < -0.39 is 5.82 Å². The van der Waals surface area contributed by atoms with Crippen molar-refractivity contribution >= 4 is 23.4 Å². The van der Waals surface area contributed by atoms with Gasteiger partial charge >= 0.3 is 0 Å². The van der Waals surface area contributed by atoms with Crippen LogP contribution in [0.1, 0.15) is 29.4 Å². The third kappa shape index (κ3) is 4.91. The molecule has 0 amide bonds. The molecule has 1 aliphatic carbocycles. The fourth-order valence-corrected chi connectivity index (χ4v) is 4.60. The molecule has 0 fully saturated rings. The number of aromatic nitrogens is 3. The summed E-state index contributed by atoms with van der Waals surface area (Å²) in [6, 6.07) is 8.64. The first kappa shape index (κ1) is 21.4. The molecule has 31 heavy (non-hydrogen) atoms. The van der Waals surface area contributed by atoms with Crippen LogP contribution in [-0.4, -0.2) is 25.0 Å². The predicted molar refractivity (Wildman–Crippen MR) is 116 cm³/mol. The van der Waals surface area contributed by atoms with Gasteiger partial charge in [-0.15, -0.1) is 10.2 Å². The number of hydrogen-bond acceptors (Lipinski definition) is 5. The van der Waals surface area contributed by atoms with E-state index in [1.165, 1.54) is 48.2 Å². The molecule has 9 heteroatoms. The third-order valence-corrected chi connectivity index (χ3v) is 6.22. The lowest BCUT2D eigenvalue weighted by atomic mass is 10.1. The number of phenols is 2. The number of halogens is 3. The summed E-state index contributed by atoms with van der Waals surface area (Å²) in [4.78, 5) is 0. The van der Waals surface area contributed by atoms with Crippen LogP contribution in [0.15, 0.2) is 65.6 Å². The first-order valence-electron chi connectivity index (χ1n) is 9.46. The number of hydrogen-bond donors (Lipinski definition) is 2. The lowest BCUT2D eigenvalue weighted by Crippen LogP contribution is -2.13. The van der Waals surface area contributed by atoms with Gasteiger partial charge in [0.2, 0.25) is 0 Å². The topological polar surface area (TPSA) is 71.2 Å². The Morgan fingerprint density at radius 1 is 1.10 bits per heavy atom. The number of allylic oxidation sites excluding steroid dienone is 4. The van der Waals surface area contributed by atoms with Crippen molar-refractivity contribution in [2.75, 3.05) is 0 Å². The van der Waals surface area contributed by atoms with E-state index >= 15 is 0 Å². The van der Waals surface area contributed by atoms with E-state index in [4.69, 9.17) is 11.6 Å². The zero-order valence-corrected chi connectivity index (χ0v) is 17.7. The van der Waals surface area contributed by atoms with Gasteiger partial charge in [0.05, 0.1) is 6.04 Å². The van der Waals surface area contributed by atoms with Crippen LogP contribution >= 0.6 is 23.4 Å². The molecule has 160 valence electrons. The van der Waals surface area contributed by atoms with E-state index in [2.05, 4.69) is 10.2 Å². The Morgan fingerprint density at radius 2 is 1.94 bits per heavy atom. The third-order valence-electron chi connectivity index (χ3n) is 4.87. The average Bonchev–Trinajstić information content (AvgIpc) is 3.13. The molecular formula is C22H18ClF2N3O2S. The SMILES string of the molecule is Oc1ccc(Cc2nnc(SCc3ccc(F)cc3Cl)n2C2C=CC(F)=CC2)cc1O. The summed E-state index contributed by atoms with van der Waals surface area (Å²) in [6.45, 7) is 0. The molecule has 3 aromatic rings. The molecule has 2 aromatic carbocycles. The van der Waals surface area contributed by atoms with Gasteiger partial charge in [-0.1, -0.05) is 41.6 Å². The van der Waals surface area contributed by atoms with Gasteiger partial charge in [0.15, 0.2) is 16.7 Å². The summed E-state index contributed by atoms with van der Waals surface area (Å²) in [5.41, 5.74) is 1.50. The van der Waals surface area contributed by atoms with Crippen molar-refractivity contribution in [1.82, 2.24) is 14.8 Å². The summed E-state index contributed by atoms with van der Waals surface area (Å²) < 4.78 is 28.7. The molecule has 0 aliphatic heterocycles. The average molecular weight is 462 g/mol. The van der Waals surface area contributed by atoms with Crippen LogP contribution in [0.25, 0.3) is 0 Å². The van der Waals surface area contributed by atoms with Gasteiger partial charge in [-0.3, -0.25) is 4.57 Å².